The van der Waals surface area contributed by atoms with Gasteiger partial charge in [-0.05, 0) is 25.7 Å². The lowest BCUT2D eigenvalue weighted by molar-refractivity contribution is -0.140. The van der Waals surface area contributed by atoms with Gasteiger partial charge in [0.1, 0.15) is 6.61 Å². The molecule has 0 bridgehead atoms. The van der Waals surface area contributed by atoms with Crippen molar-refractivity contribution in [2.75, 3.05) is 33.4 Å². The lowest BCUT2D eigenvalue weighted by Gasteiger charge is -2.40. The van der Waals surface area contributed by atoms with Crippen LogP contribution in [0.1, 0.15) is 44.3 Å². The zero-order valence-corrected chi connectivity index (χ0v) is 13.9. The van der Waals surface area contributed by atoms with Crippen molar-refractivity contribution in [1.82, 2.24) is 15.0 Å². The number of piperidine rings is 1. The van der Waals surface area contributed by atoms with Gasteiger partial charge in [0.05, 0.1) is 0 Å². The summed E-state index contributed by atoms with van der Waals surface area (Å²) >= 11 is 0. The van der Waals surface area contributed by atoms with Gasteiger partial charge >= 0.3 is 0 Å². The average Bonchev–Trinajstić information content (AvgIpc) is 3.05. The van der Waals surface area contributed by atoms with Gasteiger partial charge < -0.3 is 18.9 Å². The van der Waals surface area contributed by atoms with Crippen molar-refractivity contribution >= 4 is 5.91 Å². The van der Waals surface area contributed by atoms with Crippen LogP contribution >= 0.6 is 0 Å². The molecule has 3 heterocycles. The van der Waals surface area contributed by atoms with Crippen LogP contribution in [0.5, 0.6) is 0 Å². The molecule has 3 rings (SSSR count). The molecular weight excluding hydrogens is 298 g/mol. The molecule has 2 aliphatic heterocycles. The van der Waals surface area contributed by atoms with E-state index in [4.69, 9.17) is 14.0 Å². The molecule has 2 aliphatic rings. The first-order chi connectivity index (χ1) is 11.1. The summed E-state index contributed by atoms with van der Waals surface area (Å²) < 4.78 is 15.6. The predicted molar refractivity (Wildman–Crippen MR) is 81.7 cm³/mol. The van der Waals surface area contributed by atoms with E-state index in [2.05, 4.69) is 17.1 Å². The second-order valence-electron chi connectivity index (χ2n) is 6.76. The van der Waals surface area contributed by atoms with E-state index in [0.29, 0.717) is 38.1 Å². The third kappa shape index (κ3) is 3.55. The van der Waals surface area contributed by atoms with Crippen molar-refractivity contribution in [2.24, 2.45) is 5.92 Å². The summed E-state index contributed by atoms with van der Waals surface area (Å²) in [6.45, 7) is 5.26. The Balaban J connectivity index is 1.69. The maximum absolute atomic E-state index is 12.8. The molecule has 7 nitrogen and oxygen atoms in total. The molecule has 1 aromatic rings. The Kier molecular flexibility index (Phi) is 4.96. The monoisotopic (exact) mass is 323 g/mol. The Morgan fingerprint density at radius 3 is 2.96 bits per heavy atom. The topological polar surface area (TPSA) is 77.7 Å². The summed E-state index contributed by atoms with van der Waals surface area (Å²) in [7, 11) is 1.60. The van der Waals surface area contributed by atoms with Crippen molar-refractivity contribution in [3.05, 3.63) is 11.7 Å². The fourth-order valence-corrected chi connectivity index (χ4v) is 3.49. The van der Waals surface area contributed by atoms with E-state index in [1.54, 1.807) is 7.11 Å². The summed E-state index contributed by atoms with van der Waals surface area (Å²) in [6.07, 6.45) is 3.56. The predicted octanol–water partition coefficient (Wildman–Crippen LogP) is 1.52. The van der Waals surface area contributed by atoms with Crippen molar-refractivity contribution in [3.8, 4) is 0 Å². The lowest BCUT2D eigenvalue weighted by Crippen LogP contribution is -2.50. The number of carbonyl (C=O) groups is 1. The number of hydrogen-bond donors (Lipinski definition) is 0. The van der Waals surface area contributed by atoms with E-state index in [0.717, 1.165) is 32.2 Å². The van der Waals surface area contributed by atoms with Gasteiger partial charge in [0.25, 0.3) is 5.89 Å². The van der Waals surface area contributed by atoms with Gasteiger partial charge in [-0.25, -0.2) is 0 Å². The summed E-state index contributed by atoms with van der Waals surface area (Å²) in [6, 6.07) is 0. The van der Waals surface area contributed by atoms with E-state index in [1.807, 2.05) is 4.90 Å². The zero-order valence-electron chi connectivity index (χ0n) is 13.9. The molecule has 2 fully saturated rings. The van der Waals surface area contributed by atoms with E-state index < -0.39 is 0 Å². The molecule has 23 heavy (non-hydrogen) atoms. The van der Waals surface area contributed by atoms with Gasteiger partial charge in [-0.2, -0.15) is 4.98 Å². The number of hydrogen-bond acceptors (Lipinski definition) is 6. The van der Waals surface area contributed by atoms with E-state index in [1.165, 1.54) is 0 Å². The number of nitrogens with zero attached hydrogens (tertiary/aromatic N) is 3. The van der Waals surface area contributed by atoms with Crippen molar-refractivity contribution in [2.45, 2.75) is 44.6 Å². The molecule has 0 aromatic carbocycles. The molecule has 1 atom stereocenters. The van der Waals surface area contributed by atoms with E-state index in [9.17, 15) is 4.79 Å². The van der Waals surface area contributed by atoms with E-state index >= 15 is 0 Å². The maximum atomic E-state index is 12.8. The highest BCUT2D eigenvalue weighted by Crippen LogP contribution is 2.33. The van der Waals surface area contributed by atoms with Gasteiger partial charge in [0, 0.05) is 44.7 Å². The molecule has 1 amide bonds. The number of aromatic nitrogens is 2. The quantitative estimate of drug-likeness (QED) is 0.836. The Morgan fingerprint density at radius 1 is 1.43 bits per heavy atom. The summed E-state index contributed by atoms with van der Waals surface area (Å²) in [5.41, 5.74) is -0.255. The van der Waals surface area contributed by atoms with Crippen LogP contribution in [0.4, 0.5) is 0 Å². The number of carbonyl (C=O) groups excluding carboxylic acids is 1. The molecular formula is C16H25N3O4. The summed E-state index contributed by atoms with van der Waals surface area (Å²) in [4.78, 5) is 19.2. The molecule has 0 aliphatic carbocycles. The Morgan fingerprint density at radius 2 is 2.22 bits per heavy atom. The van der Waals surface area contributed by atoms with Crippen LogP contribution in [-0.2, 0) is 26.3 Å². The molecule has 0 N–H and O–H groups in total. The van der Waals surface area contributed by atoms with Crippen LogP contribution in [0.3, 0.4) is 0 Å². The van der Waals surface area contributed by atoms with Crippen LogP contribution < -0.4 is 0 Å². The number of ether oxygens (including phenoxy) is 2. The average molecular weight is 323 g/mol. The van der Waals surface area contributed by atoms with Crippen molar-refractivity contribution < 1.29 is 18.8 Å². The minimum Gasteiger partial charge on any atom is -0.381 e. The fraction of sp³-hybridized carbons (Fsp3) is 0.812. The molecule has 0 saturated carbocycles. The van der Waals surface area contributed by atoms with Crippen LogP contribution in [0, 0.1) is 5.92 Å². The van der Waals surface area contributed by atoms with Crippen molar-refractivity contribution in [3.63, 3.8) is 0 Å². The second kappa shape index (κ2) is 6.97. The molecule has 2 saturated heterocycles. The van der Waals surface area contributed by atoms with Crippen molar-refractivity contribution in [1.29, 1.82) is 0 Å². The highest BCUT2D eigenvalue weighted by Gasteiger charge is 2.40. The Hall–Kier alpha value is -1.47. The van der Waals surface area contributed by atoms with Crippen LogP contribution in [0.15, 0.2) is 4.52 Å². The third-order valence-electron chi connectivity index (χ3n) is 4.85. The van der Waals surface area contributed by atoms with Gasteiger partial charge in [-0.1, -0.05) is 12.1 Å². The standard InChI is InChI=1S/C16H25N3O4/c1-16(15-17-13(10-21-2)23-18-15)6-3-7-19(11-16)14(20)12-4-8-22-9-5-12/h12H,3-11H2,1-2H3. The van der Waals surface area contributed by atoms with Crippen LogP contribution in [-0.4, -0.2) is 54.4 Å². The third-order valence-corrected chi connectivity index (χ3v) is 4.85. The van der Waals surface area contributed by atoms with Crippen LogP contribution in [0.2, 0.25) is 0 Å². The molecule has 1 aromatic heterocycles. The van der Waals surface area contributed by atoms with Gasteiger partial charge in [-0.3, -0.25) is 4.79 Å². The first kappa shape index (κ1) is 16.4. The Labute approximate surface area is 136 Å². The maximum Gasteiger partial charge on any atom is 0.252 e. The molecule has 128 valence electrons. The zero-order chi connectivity index (χ0) is 16.3. The van der Waals surface area contributed by atoms with Crippen LogP contribution in [0.25, 0.3) is 0 Å². The normalized spacial score (nSPS) is 26.4. The first-order valence-electron chi connectivity index (χ1n) is 8.31. The second-order valence-corrected chi connectivity index (χ2v) is 6.76. The largest absolute Gasteiger partial charge is 0.381 e. The number of likely N-dealkylation sites (tertiary alicyclic amines) is 1. The van der Waals surface area contributed by atoms with Gasteiger partial charge in [0.2, 0.25) is 5.91 Å². The number of rotatable bonds is 4. The van der Waals surface area contributed by atoms with Gasteiger partial charge in [0.15, 0.2) is 5.82 Å². The molecule has 1 unspecified atom stereocenters. The minimum atomic E-state index is -0.255. The number of methoxy groups -OCH3 is 1. The first-order valence-corrected chi connectivity index (χ1v) is 8.31. The minimum absolute atomic E-state index is 0.0976. The molecule has 0 spiro atoms. The smallest absolute Gasteiger partial charge is 0.252 e. The fourth-order valence-electron chi connectivity index (χ4n) is 3.49. The lowest BCUT2D eigenvalue weighted by atomic mass is 9.80. The summed E-state index contributed by atoms with van der Waals surface area (Å²) in [5, 5.41) is 4.11. The highest BCUT2D eigenvalue weighted by molar-refractivity contribution is 5.79. The highest BCUT2D eigenvalue weighted by atomic mass is 16.5. The Bertz CT molecular complexity index is 541. The SMILES string of the molecule is COCc1nc(C2(C)CCCN(C(=O)C3CCOCC3)C2)no1. The molecule has 0 radical (unpaired) electrons. The number of amides is 1. The van der Waals surface area contributed by atoms with Gasteiger partial charge in [-0.15, -0.1) is 0 Å². The molecule has 7 heteroatoms. The summed E-state index contributed by atoms with van der Waals surface area (Å²) in [5.74, 6) is 1.51. The van der Waals surface area contributed by atoms with E-state index in [-0.39, 0.29) is 17.2 Å².